The lowest BCUT2D eigenvalue weighted by Crippen LogP contribution is -2.34. The molecule has 2 fully saturated rings. The maximum absolute atomic E-state index is 12.5. The number of hydrogen-bond acceptors (Lipinski definition) is 2. The zero-order chi connectivity index (χ0) is 14.8. The van der Waals surface area contributed by atoms with Crippen molar-refractivity contribution in [2.24, 2.45) is 23.2 Å². The molecule has 0 radical (unpaired) electrons. The maximum atomic E-state index is 12.5. The molecule has 3 atom stereocenters. The lowest BCUT2D eigenvalue weighted by molar-refractivity contribution is -0.132. The fourth-order valence-electron chi connectivity index (χ4n) is 4.59. The average Bonchev–Trinajstić information content (AvgIpc) is 2.75. The Bertz CT molecular complexity index is 340. The number of nitrogens with zero attached hydrogens (tertiary/aromatic N) is 1. The van der Waals surface area contributed by atoms with E-state index in [1.54, 1.807) is 0 Å². The van der Waals surface area contributed by atoms with Crippen molar-refractivity contribution in [2.45, 2.75) is 52.9 Å². The van der Waals surface area contributed by atoms with Crippen molar-refractivity contribution in [2.75, 3.05) is 26.7 Å². The van der Waals surface area contributed by atoms with Crippen molar-refractivity contribution >= 4 is 5.91 Å². The van der Waals surface area contributed by atoms with Gasteiger partial charge in [0.05, 0.1) is 0 Å². The van der Waals surface area contributed by atoms with E-state index in [1.165, 1.54) is 25.7 Å². The molecule has 0 spiro atoms. The number of hydrogen-bond donors (Lipinski definition) is 1. The molecule has 20 heavy (non-hydrogen) atoms. The molecule has 1 N–H and O–H groups in total. The van der Waals surface area contributed by atoms with Crippen LogP contribution in [0.15, 0.2) is 0 Å². The minimum atomic E-state index is 0.401. The van der Waals surface area contributed by atoms with E-state index in [0.29, 0.717) is 23.2 Å². The van der Waals surface area contributed by atoms with Crippen molar-refractivity contribution in [3.05, 3.63) is 0 Å². The largest absolute Gasteiger partial charge is 0.342 e. The Morgan fingerprint density at radius 3 is 2.70 bits per heavy atom. The second-order valence-electron chi connectivity index (χ2n) is 8.04. The summed E-state index contributed by atoms with van der Waals surface area (Å²) in [7, 11) is 2.00. The molecular weight excluding hydrogens is 248 g/mol. The van der Waals surface area contributed by atoms with Gasteiger partial charge in [0.15, 0.2) is 0 Å². The van der Waals surface area contributed by atoms with Crippen LogP contribution in [0.2, 0.25) is 0 Å². The molecular formula is C17H32N2O. The van der Waals surface area contributed by atoms with Gasteiger partial charge < -0.3 is 10.2 Å². The molecule has 1 amide bonds. The Kier molecular flexibility index (Phi) is 5.11. The van der Waals surface area contributed by atoms with Gasteiger partial charge in [0.2, 0.25) is 5.91 Å². The highest BCUT2D eigenvalue weighted by Crippen LogP contribution is 2.43. The zero-order valence-electron chi connectivity index (χ0n) is 13.7. The van der Waals surface area contributed by atoms with Crippen molar-refractivity contribution in [1.29, 1.82) is 0 Å². The van der Waals surface area contributed by atoms with Crippen LogP contribution in [-0.2, 0) is 4.79 Å². The van der Waals surface area contributed by atoms with Crippen molar-refractivity contribution in [3.8, 4) is 0 Å². The summed E-state index contributed by atoms with van der Waals surface area (Å²) in [6, 6.07) is 0. The third kappa shape index (κ3) is 4.21. The van der Waals surface area contributed by atoms with Gasteiger partial charge in [0.1, 0.15) is 0 Å². The Morgan fingerprint density at radius 2 is 2.05 bits per heavy atom. The molecule has 1 saturated carbocycles. The van der Waals surface area contributed by atoms with Gasteiger partial charge in [-0.1, -0.05) is 20.8 Å². The molecule has 0 aromatic heterocycles. The highest BCUT2D eigenvalue weighted by atomic mass is 16.2. The van der Waals surface area contributed by atoms with Crippen molar-refractivity contribution in [1.82, 2.24) is 10.2 Å². The molecule has 2 rings (SSSR count). The van der Waals surface area contributed by atoms with Gasteiger partial charge >= 0.3 is 0 Å². The van der Waals surface area contributed by atoms with E-state index in [0.717, 1.165) is 32.0 Å². The summed E-state index contributed by atoms with van der Waals surface area (Å²) < 4.78 is 0. The highest BCUT2D eigenvalue weighted by molar-refractivity contribution is 5.76. The van der Waals surface area contributed by atoms with Gasteiger partial charge in [0.25, 0.3) is 0 Å². The molecule has 0 aromatic rings. The van der Waals surface area contributed by atoms with Gasteiger partial charge in [-0.2, -0.15) is 0 Å². The van der Waals surface area contributed by atoms with Crippen LogP contribution in [0.1, 0.15) is 52.9 Å². The monoisotopic (exact) mass is 280 g/mol. The van der Waals surface area contributed by atoms with Gasteiger partial charge in [-0.15, -0.1) is 0 Å². The number of carbonyl (C=O) groups is 1. The molecule has 1 heterocycles. The van der Waals surface area contributed by atoms with Gasteiger partial charge in [-0.3, -0.25) is 4.79 Å². The van der Waals surface area contributed by atoms with Gasteiger partial charge in [0, 0.05) is 19.5 Å². The average molecular weight is 280 g/mol. The summed E-state index contributed by atoms with van der Waals surface area (Å²) in [5.41, 5.74) is 0.419. The van der Waals surface area contributed by atoms with Crippen molar-refractivity contribution < 1.29 is 4.79 Å². The molecule has 0 aromatic carbocycles. The lowest BCUT2D eigenvalue weighted by atomic mass is 9.67. The first-order valence-corrected chi connectivity index (χ1v) is 8.32. The summed E-state index contributed by atoms with van der Waals surface area (Å²) in [5.74, 6) is 2.43. The molecule has 1 saturated heterocycles. The summed E-state index contributed by atoms with van der Waals surface area (Å²) >= 11 is 0. The first-order chi connectivity index (χ1) is 9.39. The van der Waals surface area contributed by atoms with Crippen LogP contribution in [0, 0.1) is 23.2 Å². The van der Waals surface area contributed by atoms with Crippen LogP contribution in [0.5, 0.6) is 0 Å². The summed E-state index contributed by atoms with van der Waals surface area (Å²) in [6.07, 6.45) is 5.71. The standard InChI is InChI=1S/C17H32N2O/c1-13-7-15(10-17(2,3)9-13)8-16(20)19-6-5-14(12-19)11-18-4/h13-15,18H,5-12H2,1-4H3. The topological polar surface area (TPSA) is 32.3 Å². The molecule has 2 aliphatic rings. The lowest BCUT2D eigenvalue weighted by Gasteiger charge is -2.39. The number of rotatable bonds is 4. The number of nitrogens with one attached hydrogen (secondary N) is 1. The van der Waals surface area contributed by atoms with E-state index in [2.05, 4.69) is 31.0 Å². The fourth-order valence-corrected chi connectivity index (χ4v) is 4.59. The smallest absolute Gasteiger partial charge is 0.222 e. The number of amides is 1. The van der Waals surface area contributed by atoms with Crippen LogP contribution in [-0.4, -0.2) is 37.5 Å². The summed E-state index contributed by atoms with van der Waals surface area (Å²) in [4.78, 5) is 14.6. The second-order valence-corrected chi connectivity index (χ2v) is 8.04. The molecule has 3 heteroatoms. The Morgan fingerprint density at radius 1 is 1.30 bits per heavy atom. The van der Waals surface area contributed by atoms with Crippen LogP contribution in [0.25, 0.3) is 0 Å². The predicted octanol–water partition coefficient (Wildman–Crippen LogP) is 2.91. The first kappa shape index (κ1) is 15.8. The second kappa shape index (κ2) is 6.46. The van der Waals surface area contributed by atoms with E-state index >= 15 is 0 Å². The fraction of sp³-hybridized carbons (Fsp3) is 0.941. The van der Waals surface area contributed by atoms with E-state index in [9.17, 15) is 4.79 Å². The Balaban J connectivity index is 1.82. The van der Waals surface area contributed by atoms with E-state index in [1.807, 2.05) is 7.05 Å². The third-order valence-electron chi connectivity index (χ3n) is 5.07. The number of carbonyl (C=O) groups excluding carboxylic acids is 1. The molecule has 116 valence electrons. The Labute approximate surface area is 124 Å². The molecule has 1 aliphatic heterocycles. The first-order valence-electron chi connectivity index (χ1n) is 8.32. The van der Waals surface area contributed by atoms with Gasteiger partial charge in [-0.25, -0.2) is 0 Å². The minimum Gasteiger partial charge on any atom is -0.342 e. The molecule has 0 bridgehead atoms. The molecule has 3 unspecified atom stereocenters. The van der Waals surface area contributed by atoms with E-state index in [4.69, 9.17) is 0 Å². The molecule has 1 aliphatic carbocycles. The van der Waals surface area contributed by atoms with Crippen LogP contribution in [0.4, 0.5) is 0 Å². The summed E-state index contributed by atoms with van der Waals surface area (Å²) in [5, 5.41) is 3.23. The van der Waals surface area contributed by atoms with Crippen LogP contribution >= 0.6 is 0 Å². The summed E-state index contributed by atoms with van der Waals surface area (Å²) in [6.45, 7) is 10.0. The van der Waals surface area contributed by atoms with Crippen molar-refractivity contribution in [3.63, 3.8) is 0 Å². The third-order valence-corrected chi connectivity index (χ3v) is 5.07. The van der Waals surface area contributed by atoms with E-state index < -0.39 is 0 Å². The maximum Gasteiger partial charge on any atom is 0.222 e. The Hall–Kier alpha value is -0.570. The predicted molar refractivity (Wildman–Crippen MR) is 83.5 cm³/mol. The minimum absolute atomic E-state index is 0.401. The zero-order valence-corrected chi connectivity index (χ0v) is 13.7. The quantitative estimate of drug-likeness (QED) is 0.859. The van der Waals surface area contributed by atoms with Crippen LogP contribution < -0.4 is 5.32 Å². The van der Waals surface area contributed by atoms with E-state index in [-0.39, 0.29) is 0 Å². The normalized spacial score (nSPS) is 33.4. The van der Waals surface area contributed by atoms with Gasteiger partial charge in [-0.05, 0) is 62.4 Å². The SMILES string of the molecule is CNCC1CCN(C(=O)CC2CC(C)CC(C)(C)C2)C1. The van der Waals surface area contributed by atoms with Crippen LogP contribution in [0.3, 0.4) is 0 Å². The highest BCUT2D eigenvalue weighted by Gasteiger charge is 2.34. The number of likely N-dealkylation sites (tertiary alicyclic amines) is 1. The molecule has 3 nitrogen and oxygen atoms in total.